The second-order valence-electron chi connectivity index (χ2n) is 4.93. The average molecular weight is 318 g/mol. The summed E-state index contributed by atoms with van der Waals surface area (Å²) in [5.41, 5.74) is -2.03. The zero-order chi connectivity index (χ0) is 15.7. The van der Waals surface area contributed by atoms with Crippen LogP contribution in [0.4, 0.5) is 18.9 Å². The van der Waals surface area contributed by atoms with Gasteiger partial charge < -0.3 is 10.4 Å². The van der Waals surface area contributed by atoms with Crippen LogP contribution in [0.15, 0.2) is 47.5 Å². The smallest absolute Gasteiger partial charge is 0.367 e. The van der Waals surface area contributed by atoms with Crippen molar-refractivity contribution in [1.29, 1.82) is 0 Å². The van der Waals surface area contributed by atoms with E-state index < -0.39 is 17.5 Å². The minimum absolute atomic E-state index is 0.196. The third-order valence-corrected chi connectivity index (χ3v) is 3.65. The molecular weight excluding hydrogens is 303 g/mol. The molecule has 0 heterocycles. The Labute approximate surface area is 125 Å². The predicted octanol–water partition coefficient (Wildman–Crippen LogP) is 4.52. The molecule has 114 valence electrons. The van der Waals surface area contributed by atoms with Crippen molar-refractivity contribution >= 4 is 17.3 Å². The Morgan fingerprint density at radius 1 is 1.38 bits per heavy atom. The maximum atomic E-state index is 12.7. The Bertz CT molecular complexity index is 583. The molecule has 0 aromatic heterocycles. The number of allylic oxidation sites excluding steroid dienone is 2. The van der Waals surface area contributed by atoms with E-state index in [4.69, 9.17) is 11.6 Å². The Hall–Kier alpha value is -1.46. The van der Waals surface area contributed by atoms with Crippen LogP contribution in [0.5, 0.6) is 0 Å². The van der Waals surface area contributed by atoms with Crippen molar-refractivity contribution in [2.24, 2.45) is 5.92 Å². The van der Waals surface area contributed by atoms with Gasteiger partial charge in [0.1, 0.15) is 0 Å². The summed E-state index contributed by atoms with van der Waals surface area (Å²) in [5, 5.41) is 13.9. The van der Waals surface area contributed by atoms with Gasteiger partial charge in [-0.3, -0.25) is 0 Å². The van der Waals surface area contributed by atoms with Gasteiger partial charge in [0.25, 0.3) is 0 Å². The number of alkyl halides is 3. The molecule has 21 heavy (non-hydrogen) atoms. The molecule has 0 fully saturated rings. The van der Waals surface area contributed by atoms with Crippen molar-refractivity contribution in [3.8, 4) is 0 Å². The van der Waals surface area contributed by atoms with Crippen LogP contribution in [-0.2, 0) is 6.18 Å². The van der Waals surface area contributed by atoms with Gasteiger partial charge in [-0.1, -0.05) is 30.7 Å². The van der Waals surface area contributed by atoms with Crippen molar-refractivity contribution in [2.45, 2.75) is 25.2 Å². The molecule has 0 saturated heterocycles. The first-order chi connectivity index (χ1) is 9.74. The van der Waals surface area contributed by atoms with E-state index >= 15 is 0 Å². The van der Waals surface area contributed by atoms with E-state index in [-0.39, 0.29) is 11.6 Å². The molecule has 1 aromatic carbocycles. The van der Waals surface area contributed by atoms with Crippen LogP contribution in [0, 0.1) is 5.92 Å². The van der Waals surface area contributed by atoms with Crippen molar-refractivity contribution < 1.29 is 18.3 Å². The highest BCUT2D eigenvalue weighted by atomic mass is 35.5. The standard InChI is InChI=1S/C15H15ClF3NO/c1-2-10-8-12(16)6-7-14(10,21)20-13-5-3-4-11(9-13)15(17,18)19/h3-10,20-21H,2H2,1H3. The Balaban J connectivity index is 2.27. The minimum Gasteiger partial charge on any atom is -0.367 e. The first kappa shape index (κ1) is 15.9. The molecule has 0 amide bonds. The zero-order valence-electron chi connectivity index (χ0n) is 11.3. The molecule has 1 aliphatic rings. The first-order valence-electron chi connectivity index (χ1n) is 6.49. The summed E-state index contributed by atoms with van der Waals surface area (Å²) >= 11 is 5.89. The second kappa shape index (κ2) is 5.73. The van der Waals surface area contributed by atoms with Crippen molar-refractivity contribution in [3.63, 3.8) is 0 Å². The number of nitrogens with one attached hydrogen (secondary N) is 1. The number of aliphatic hydroxyl groups is 1. The van der Waals surface area contributed by atoms with E-state index in [9.17, 15) is 18.3 Å². The molecule has 0 spiro atoms. The summed E-state index contributed by atoms with van der Waals surface area (Å²) in [6.45, 7) is 1.86. The fourth-order valence-electron chi connectivity index (χ4n) is 2.27. The van der Waals surface area contributed by atoms with E-state index in [1.54, 1.807) is 6.08 Å². The monoisotopic (exact) mass is 317 g/mol. The fraction of sp³-hybridized carbons (Fsp3) is 0.333. The van der Waals surface area contributed by atoms with Crippen LogP contribution in [0.2, 0.25) is 0 Å². The summed E-state index contributed by atoms with van der Waals surface area (Å²) in [7, 11) is 0. The molecular formula is C15H15ClF3NO. The van der Waals surface area contributed by atoms with Gasteiger partial charge in [-0.25, -0.2) is 0 Å². The number of halogens is 4. The van der Waals surface area contributed by atoms with Gasteiger partial charge in [0, 0.05) is 16.6 Å². The average Bonchev–Trinajstić information content (AvgIpc) is 2.41. The molecule has 0 bridgehead atoms. The van der Waals surface area contributed by atoms with E-state index in [1.165, 1.54) is 24.3 Å². The van der Waals surface area contributed by atoms with Gasteiger partial charge in [0.2, 0.25) is 0 Å². The number of hydrogen-bond donors (Lipinski definition) is 2. The first-order valence-corrected chi connectivity index (χ1v) is 6.87. The van der Waals surface area contributed by atoms with Crippen molar-refractivity contribution in [2.75, 3.05) is 5.32 Å². The van der Waals surface area contributed by atoms with Crippen LogP contribution >= 0.6 is 11.6 Å². The number of anilines is 1. The highest BCUT2D eigenvalue weighted by molar-refractivity contribution is 6.31. The maximum absolute atomic E-state index is 12.7. The molecule has 0 saturated carbocycles. The third kappa shape index (κ3) is 3.60. The van der Waals surface area contributed by atoms with E-state index in [2.05, 4.69) is 5.32 Å². The Kier molecular flexibility index (Phi) is 4.35. The van der Waals surface area contributed by atoms with Crippen molar-refractivity contribution in [1.82, 2.24) is 0 Å². The molecule has 2 rings (SSSR count). The summed E-state index contributed by atoms with van der Waals surface area (Å²) in [6.07, 6.45) is 0.833. The summed E-state index contributed by atoms with van der Waals surface area (Å²) in [5.74, 6) is -0.329. The molecule has 2 unspecified atom stereocenters. The molecule has 2 atom stereocenters. The molecule has 1 aromatic rings. The van der Waals surface area contributed by atoms with Gasteiger partial charge in [-0.2, -0.15) is 13.2 Å². The molecule has 0 aliphatic heterocycles. The van der Waals surface area contributed by atoms with E-state index in [1.807, 2.05) is 6.92 Å². The minimum atomic E-state index is -4.42. The molecule has 1 aliphatic carbocycles. The van der Waals surface area contributed by atoms with Crippen LogP contribution < -0.4 is 5.32 Å². The lowest BCUT2D eigenvalue weighted by Crippen LogP contribution is -2.44. The normalized spacial score (nSPS) is 25.6. The summed E-state index contributed by atoms with van der Waals surface area (Å²) in [4.78, 5) is 0. The van der Waals surface area contributed by atoms with Crippen molar-refractivity contribution in [3.05, 3.63) is 53.1 Å². The third-order valence-electron chi connectivity index (χ3n) is 3.40. The highest BCUT2D eigenvalue weighted by Gasteiger charge is 2.35. The Morgan fingerprint density at radius 3 is 2.71 bits per heavy atom. The van der Waals surface area contributed by atoms with Gasteiger partial charge in [-0.05, 0) is 36.8 Å². The lowest BCUT2D eigenvalue weighted by atomic mass is 9.88. The molecule has 2 N–H and O–H groups in total. The van der Waals surface area contributed by atoms with E-state index in [0.717, 1.165) is 12.1 Å². The Morgan fingerprint density at radius 2 is 2.10 bits per heavy atom. The number of hydrogen-bond acceptors (Lipinski definition) is 2. The highest BCUT2D eigenvalue weighted by Crippen LogP contribution is 2.34. The second-order valence-corrected chi connectivity index (χ2v) is 5.36. The van der Waals surface area contributed by atoms with Gasteiger partial charge in [0.05, 0.1) is 5.56 Å². The van der Waals surface area contributed by atoms with Gasteiger partial charge >= 0.3 is 6.18 Å². The van der Waals surface area contributed by atoms with Gasteiger partial charge in [0.15, 0.2) is 5.72 Å². The van der Waals surface area contributed by atoms with Crippen LogP contribution in [0.1, 0.15) is 18.9 Å². The zero-order valence-corrected chi connectivity index (χ0v) is 12.0. The predicted molar refractivity (Wildman–Crippen MR) is 76.9 cm³/mol. The summed E-state index contributed by atoms with van der Waals surface area (Å²) < 4.78 is 38.1. The molecule has 0 radical (unpaired) electrons. The summed E-state index contributed by atoms with van der Waals surface area (Å²) in [6, 6.07) is 4.73. The molecule has 2 nitrogen and oxygen atoms in total. The van der Waals surface area contributed by atoms with Gasteiger partial charge in [-0.15, -0.1) is 0 Å². The largest absolute Gasteiger partial charge is 0.416 e. The topological polar surface area (TPSA) is 32.3 Å². The lowest BCUT2D eigenvalue weighted by Gasteiger charge is -2.35. The van der Waals surface area contributed by atoms with E-state index in [0.29, 0.717) is 11.5 Å². The quantitative estimate of drug-likeness (QED) is 0.803. The van der Waals surface area contributed by atoms with Crippen LogP contribution in [0.3, 0.4) is 0 Å². The lowest BCUT2D eigenvalue weighted by molar-refractivity contribution is -0.137. The SMILES string of the molecule is CCC1C=C(Cl)C=CC1(O)Nc1cccc(C(F)(F)F)c1. The van der Waals surface area contributed by atoms with Crippen LogP contribution in [-0.4, -0.2) is 10.8 Å². The van der Waals surface area contributed by atoms with Crippen LogP contribution in [0.25, 0.3) is 0 Å². The molecule has 6 heteroatoms. The number of benzene rings is 1. The number of rotatable bonds is 3. The fourth-order valence-corrected chi connectivity index (χ4v) is 2.49. The maximum Gasteiger partial charge on any atom is 0.416 e.